The van der Waals surface area contributed by atoms with E-state index >= 15 is 0 Å². The number of nitrogen functional groups attached to an aromatic ring is 1. The highest BCUT2D eigenvalue weighted by Crippen LogP contribution is 2.21. The number of rotatable bonds is 1. The summed E-state index contributed by atoms with van der Waals surface area (Å²) in [4.78, 5) is 13.9. The van der Waals surface area contributed by atoms with Gasteiger partial charge in [-0.2, -0.15) is 0 Å². The van der Waals surface area contributed by atoms with Crippen molar-refractivity contribution in [1.29, 1.82) is 0 Å². The third kappa shape index (κ3) is 1.37. The van der Waals surface area contributed by atoms with Crippen LogP contribution < -0.4 is 5.73 Å². The van der Waals surface area contributed by atoms with Gasteiger partial charge in [-0.1, -0.05) is 11.3 Å². The number of aromatic carboxylic acids is 1. The van der Waals surface area contributed by atoms with Crippen LogP contribution in [0.5, 0.6) is 0 Å². The first kappa shape index (κ1) is 7.73. The molecule has 1 heterocycles. The molecule has 10 heavy (non-hydrogen) atoms. The lowest BCUT2D eigenvalue weighted by atomic mass is 10.5. The van der Waals surface area contributed by atoms with Crippen LogP contribution >= 0.6 is 33.9 Å². The Morgan fingerprint density at radius 2 is 2.40 bits per heavy atom. The Balaban J connectivity index is 3.15. The van der Waals surface area contributed by atoms with E-state index in [-0.39, 0.29) is 5.69 Å². The smallest absolute Gasteiger partial charge is 0.356 e. The van der Waals surface area contributed by atoms with Crippen molar-refractivity contribution in [2.24, 2.45) is 0 Å². The van der Waals surface area contributed by atoms with Gasteiger partial charge in [-0.15, -0.1) is 0 Å². The SMILES string of the molecule is Nc1nc(C(=O)O)c(I)s1. The van der Waals surface area contributed by atoms with E-state index in [0.29, 0.717) is 8.02 Å². The number of nitrogens with two attached hydrogens (primary N) is 1. The minimum atomic E-state index is -1.03. The van der Waals surface area contributed by atoms with Crippen molar-refractivity contribution >= 4 is 45.0 Å². The van der Waals surface area contributed by atoms with Gasteiger partial charge in [-0.3, -0.25) is 0 Å². The number of carbonyl (C=O) groups is 1. The fourth-order valence-corrected chi connectivity index (χ4v) is 2.03. The van der Waals surface area contributed by atoms with Gasteiger partial charge in [0.15, 0.2) is 10.8 Å². The number of carboxylic acids is 1. The zero-order chi connectivity index (χ0) is 7.72. The summed E-state index contributed by atoms with van der Waals surface area (Å²) in [6.45, 7) is 0. The van der Waals surface area contributed by atoms with Crippen LogP contribution in [0.4, 0.5) is 5.13 Å². The maximum atomic E-state index is 10.3. The molecule has 54 valence electrons. The number of hydrogen-bond donors (Lipinski definition) is 2. The molecule has 6 heteroatoms. The van der Waals surface area contributed by atoms with Crippen LogP contribution in [0.25, 0.3) is 0 Å². The first-order valence-corrected chi connectivity index (χ1v) is 4.16. The molecule has 1 rings (SSSR count). The molecule has 0 saturated heterocycles. The second kappa shape index (κ2) is 2.70. The van der Waals surface area contributed by atoms with Crippen LogP contribution in [0.3, 0.4) is 0 Å². The number of carboxylic acid groups (broad SMARTS) is 1. The van der Waals surface area contributed by atoms with E-state index in [1.54, 1.807) is 0 Å². The van der Waals surface area contributed by atoms with Crippen molar-refractivity contribution in [2.45, 2.75) is 0 Å². The number of anilines is 1. The second-order valence-corrected chi connectivity index (χ2v) is 4.32. The Hall–Kier alpha value is -0.370. The Labute approximate surface area is 74.2 Å². The molecule has 0 spiro atoms. The number of thiazole rings is 1. The van der Waals surface area contributed by atoms with Crippen LogP contribution in [0.1, 0.15) is 10.5 Å². The maximum Gasteiger partial charge on any atom is 0.356 e. The maximum absolute atomic E-state index is 10.3. The van der Waals surface area contributed by atoms with Crippen molar-refractivity contribution in [3.05, 3.63) is 8.58 Å². The van der Waals surface area contributed by atoms with Gasteiger partial charge < -0.3 is 10.8 Å². The molecule has 4 nitrogen and oxygen atoms in total. The van der Waals surface area contributed by atoms with Crippen molar-refractivity contribution in [2.75, 3.05) is 5.73 Å². The number of nitrogens with zero attached hydrogens (tertiary/aromatic N) is 1. The van der Waals surface area contributed by atoms with Crippen molar-refractivity contribution in [3.8, 4) is 0 Å². The third-order valence-electron chi connectivity index (χ3n) is 0.805. The van der Waals surface area contributed by atoms with Crippen LogP contribution in [0, 0.1) is 2.88 Å². The van der Waals surface area contributed by atoms with Crippen LogP contribution in [0.15, 0.2) is 0 Å². The van der Waals surface area contributed by atoms with Crippen LogP contribution in [0.2, 0.25) is 0 Å². The van der Waals surface area contributed by atoms with Gasteiger partial charge >= 0.3 is 5.97 Å². The average Bonchev–Trinajstić information content (AvgIpc) is 2.10. The lowest BCUT2D eigenvalue weighted by Gasteiger charge is -1.83. The Morgan fingerprint density at radius 1 is 1.80 bits per heavy atom. The van der Waals surface area contributed by atoms with E-state index in [9.17, 15) is 4.79 Å². The number of hydrogen-bond acceptors (Lipinski definition) is 4. The predicted octanol–water partition coefficient (Wildman–Crippen LogP) is 1.03. The molecule has 0 aliphatic rings. The molecule has 0 fully saturated rings. The monoisotopic (exact) mass is 270 g/mol. The van der Waals surface area contributed by atoms with Gasteiger partial charge in [0, 0.05) is 0 Å². The van der Waals surface area contributed by atoms with Gasteiger partial charge in [0.25, 0.3) is 0 Å². The molecule has 0 atom stereocenters. The first-order chi connectivity index (χ1) is 4.61. The molecule has 0 radical (unpaired) electrons. The van der Waals surface area contributed by atoms with Gasteiger partial charge in [0.05, 0.1) is 0 Å². The molecular weight excluding hydrogens is 267 g/mol. The fourth-order valence-electron chi connectivity index (χ4n) is 0.449. The molecule has 0 aliphatic heterocycles. The Bertz CT molecular complexity index is 272. The zero-order valence-electron chi connectivity index (χ0n) is 4.67. The molecule has 0 unspecified atom stereocenters. The largest absolute Gasteiger partial charge is 0.476 e. The molecule has 1 aromatic heterocycles. The summed E-state index contributed by atoms with van der Waals surface area (Å²) in [6, 6.07) is 0. The zero-order valence-corrected chi connectivity index (χ0v) is 7.64. The van der Waals surface area contributed by atoms with E-state index in [1.165, 1.54) is 11.3 Å². The summed E-state index contributed by atoms with van der Waals surface area (Å²) in [6.07, 6.45) is 0. The van der Waals surface area contributed by atoms with Gasteiger partial charge in [-0.25, -0.2) is 9.78 Å². The molecule has 0 aliphatic carbocycles. The standard InChI is InChI=1S/C4H3IN2O2S/c5-2-1(3(8)9)7-4(6)10-2/h(H2,6,7)(H,8,9). The predicted molar refractivity (Wildman–Crippen MR) is 46.2 cm³/mol. The highest BCUT2D eigenvalue weighted by atomic mass is 127. The Morgan fingerprint density at radius 3 is 2.60 bits per heavy atom. The lowest BCUT2D eigenvalue weighted by molar-refractivity contribution is 0.0690. The summed E-state index contributed by atoms with van der Waals surface area (Å²) in [5.41, 5.74) is 5.30. The van der Waals surface area contributed by atoms with E-state index in [1.807, 2.05) is 22.6 Å². The fraction of sp³-hybridized carbons (Fsp3) is 0. The average molecular weight is 270 g/mol. The van der Waals surface area contributed by atoms with E-state index < -0.39 is 5.97 Å². The third-order valence-corrected chi connectivity index (χ3v) is 2.65. The van der Waals surface area contributed by atoms with E-state index in [2.05, 4.69) is 4.98 Å². The van der Waals surface area contributed by atoms with Crippen LogP contribution in [-0.4, -0.2) is 16.1 Å². The van der Waals surface area contributed by atoms with Crippen molar-refractivity contribution < 1.29 is 9.90 Å². The summed E-state index contributed by atoms with van der Waals surface area (Å²) >= 11 is 3.06. The van der Waals surface area contributed by atoms with Crippen LogP contribution in [-0.2, 0) is 0 Å². The quantitative estimate of drug-likeness (QED) is 0.747. The van der Waals surface area contributed by atoms with E-state index in [4.69, 9.17) is 10.8 Å². The summed E-state index contributed by atoms with van der Waals surface area (Å²) < 4.78 is 0.614. The van der Waals surface area contributed by atoms with Gasteiger partial charge in [0.2, 0.25) is 0 Å². The topological polar surface area (TPSA) is 76.2 Å². The summed E-state index contributed by atoms with van der Waals surface area (Å²) in [5.74, 6) is -1.03. The molecular formula is C4H3IN2O2S. The summed E-state index contributed by atoms with van der Waals surface area (Å²) in [7, 11) is 0. The first-order valence-electron chi connectivity index (χ1n) is 2.26. The van der Waals surface area contributed by atoms with Crippen molar-refractivity contribution in [3.63, 3.8) is 0 Å². The summed E-state index contributed by atoms with van der Waals surface area (Å²) in [5, 5.41) is 8.76. The minimum Gasteiger partial charge on any atom is -0.476 e. The molecule has 0 amide bonds. The van der Waals surface area contributed by atoms with E-state index in [0.717, 1.165) is 0 Å². The van der Waals surface area contributed by atoms with Gasteiger partial charge in [0.1, 0.15) is 2.88 Å². The minimum absolute atomic E-state index is 0.0445. The molecule has 0 saturated carbocycles. The highest BCUT2D eigenvalue weighted by molar-refractivity contribution is 14.1. The number of halogens is 1. The van der Waals surface area contributed by atoms with Crippen molar-refractivity contribution in [1.82, 2.24) is 4.98 Å². The molecule has 1 aromatic rings. The lowest BCUT2D eigenvalue weighted by Crippen LogP contribution is -1.98. The molecule has 0 bridgehead atoms. The highest BCUT2D eigenvalue weighted by Gasteiger charge is 2.12. The van der Waals surface area contributed by atoms with Gasteiger partial charge in [-0.05, 0) is 22.6 Å². The molecule has 3 N–H and O–H groups in total. The number of aromatic nitrogens is 1. The molecule has 0 aromatic carbocycles. The normalized spacial score (nSPS) is 9.70. The Kier molecular flexibility index (Phi) is 2.09. The second-order valence-electron chi connectivity index (χ2n) is 1.48.